The first kappa shape index (κ1) is 11.0. The first-order valence-electron chi connectivity index (χ1n) is 6.09. The van der Waals surface area contributed by atoms with Crippen molar-refractivity contribution in [2.75, 3.05) is 0 Å². The molecule has 2 aromatic heterocycles. The average molecular weight is 247 g/mol. The molecule has 3 rings (SSSR count). The molecule has 90 valence electrons. The van der Waals surface area contributed by atoms with Gasteiger partial charge in [0.25, 0.3) is 0 Å². The molecule has 1 fully saturated rings. The average Bonchev–Trinajstić information content (AvgIpc) is 2.97. The highest BCUT2D eigenvalue weighted by molar-refractivity contribution is 7.13. The fourth-order valence-corrected chi connectivity index (χ4v) is 3.36. The molecule has 1 aliphatic carbocycles. The van der Waals surface area contributed by atoms with E-state index >= 15 is 0 Å². The Morgan fingerprint density at radius 2 is 2.18 bits per heavy atom. The minimum absolute atomic E-state index is 0.222. The van der Waals surface area contributed by atoms with E-state index in [9.17, 15) is 0 Å². The Labute approximate surface area is 105 Å². The fraction of sp³-hybridized carbons (Fsp3) is 0.462. The van der Waals surface area contributed by atoms with Gasteiger partial charge in [0.1, 0.15) is 11.5 Å². The molecule has 17 heavy (non-hydrogen) atoms. The van der Waals surface area contributed by atoms with Crippen LogP contribution in [0.1, 0.15) is 37.2 Å². The second-order valence-corrected chi connectivity index (χ2v) is 5.85. The van der Waals surface area contributed by atoms with Crippen LogP contribution in [-0.4, -0.2) is 9.97 Å². The first-order valence-corrected chi connectivity index (χ1v) is 6.97. The third kappa shape index (κ3) is 1.81. The lowest BCUT2D eigenvalue weighted by Gasteiger charge is -2.20. The summed E-state index contributed by atoms with van der Waals surface area (Å²) in [6.45, 7) is 2.07. The molecule has 0 saturated heterocycles. The third-order valence-corrected chi connectivity index (χ3v) is 4.48. The molecule has 0 bridgehead atoms. The molecule has 4 heteroatoms. The number of H-pyrrole nitrogens is 1. The molecular weight excluding hydrogens is 230 g/mol. The van der Waals surface area contributed by atoms with Gasteiger partial charge in [-0.25, -0.2) is 4.98 Å². The van der Waals surface area contributed by atoms with Crippen molar-refractivity contribution < 1.29 is 0 Å². The van der Waals surface area contributed by atoms with Crippen molar-refractivity contribution in [2.45, 2.75) is 38.1 Å². The highest BCUT2D eigenvalue weighted by Crippen LogP contribution is 2.36. The number of thiophene rings is 1. The van der Waals surface area contributed by atoms with Gasteiger partial charge in [0.2, 0.25) is 0 Å². The number of aromatic nitrogens is 2. The van der Waals surface area contributed by atoms with Gasteiger partial charge in [-0.1, -0.05) is 18.9 Å². The van der Waals surface area contributed by atoms with Crippen LogP contribution >= 0.6 is 11.3 Å². The fourth-order valence-electron chi connectivity index (χ4n) is 2.59. The lowest BCUT2D eigenvalue weighted by Crippen LogP contribution is -2.34. The quantitative estimate of drug-likeness (QED) is 0.856. The van der Waals surface area contributed by atoms with Crippen LogP contribution in [0, 0.1) is 6.92 Å². The Morgan fingerprint density at radius 1 is 1.41 bits per heavy atom. The van der Waals surface area contributed by atoms with E-state index in [1.165, 1.54) is 17.7 Å². The molecule has 0 aromatic carbocycles. The molecule has 0 unspecified atom stereocenters. The Morgan fingerprint density at radius 3 is 2.82 bits per heavy atom. The van der Waals surface area contributed by atoms with E-state index < -0.39 is 0 Å². The zero-order valence-corrected chi connectivity index (χ0v) is 10.8. The number of hydrogen-bond donors (Lipinski definition) is 2. The summed E-state index contributed by atoms with van der Waals surface area (Å²) in [6.07, 6.45) is 4.52. The standard InChI is InChI=1S/C13H17N3S/c1-9-11(10-5-4-8-17-10)16-12(15-9)13(14)6-2-3-7-13/h4-5,8H,2-3,6-7,14H2,1H3,(H,15,16). The molecule has 0 amide bonds. The van der Waals surface area contributed by atoms with Crippen LogP contribution in [0.4, 0.5) is 0 Å². The summed E-state index contributed by atoms with van der Waals surface area (Å²) in [6, 6.07) is 4.16. The number of rotatable bonds is 2. The van der Waals surface area contributed by atoms with E-state index in [0.717, 1.165) is 30.1 Å². The van der Waals surface area contributed by atoms with Gasteiger partial charge in [-0.05, 0) is 31.2 Å². The summed E-state index contributed by atoms with van der Waals surface area (Å²) >= 11 is 1.72. The Kier molecular flexibility index (Phi) is 2.56. The van der Waals surface area contributed by atoms with Crippen LogP contribution in [0.3, 0.4) is 0 Å². The molecule has 0 spiro atoms. The van der Waals surface area contributed by atoms with Crippen molar-refractivity contribution in [1.29, 1.82) is 0 Å². The SMILES string of the molecule is Cc1[nH]c(C2(N)CCCC2)nc1-c1cccs1. The lowest BCUT2D eigenvalue weighted by atomic mass is 9.99. The van der Waals surface area contributed by atoms with Gasteiger partial charge in [0, 0.05) is 5.69 Å². The van der Waals surface area contributed by atoms with Crippen LogP contribution in [0.25, 0.3) is 10.6 Å². The van der Waals surface area contributed by atoms with E-state index in [1.807, 2.05) is 0 Å². The van der Waals surface area contributed by atoms with Crippen LogP contribution in [0.5, 0.6) is 0 Å². The van der Waals surface area contributed by atoms with Crippen LogP contribution in [-0.2, 0) is 5.54 Å². The molecule has 3 N–H and O–H groups in total. The molecule has 2 heterocycles. The van der Waals surface area contributed by atoms with Gasteiger partial charge in [-0.15, -0.1) is 11.3 Å². The predicted octanol–water partition coefficient (Wildman–Crippen LogP) is 3.17. The second-order valence-electron chi connectivity index (χ2n) is 4.90. The number of imidazole rings is 1. The van der Waals surface area contributed by atoms with E-state index in [-0.39, 0.29) is 5.54 Å². The summed E-state index contributed by atoms with van der Waals surface area (Å²) in [5.41, 5.74) is 8.39. The largest absolute Gasteiger partial charge is 0.344 e. The second kappa shape index (κ2) is 3.96. The van der Waals surface area contributed by atoms with Gasteiger partial charge in [-0.3, -0.25) is 0 Å². The normalized spacial score (nSPS) is 18.7. The topological polar surface area (TPSA) is 54.7 Å². The smallest absolute Gasteiger partial charge is 0.127 e. The maximum atomic E-state index is 6.43. The zero-order valence-electron chi connectivity index (χ0n) is 9.99. The number of aryl methyl sites for hydroxylation is 1. The van der Waals surface area contributed by atoms with Crippen molar-refractivity contribution in [1.82, 2.24) is 9.97 Å². The zero-order chi connectivity index (χ0) is 11.9. The monoisotopic (exact) mass is 247 g/mol. The number of nitrogens with two attached hydrogens (primary N) is 1. The summed E-state index contributed by atoms with van der Waals surface area (Å²) in [4.78, 5) is 9.34. The number of hydrogen-bond acceptors (Lipinski definition) is 3. The van der Waals surface area contributed by atoms with Crippen LogP contribution in [0.15, 0.2) is 17.5 Å². The van der Waals surface area contributed by atoms with Crippen molar-refractivity contribution in [2.24, 2.45) is 5.73 Å². The van der Waals surface area contributed by atoms with Gasteiger partial charge < -0.3 is 10.7 Å². The van der Waals surface area contributed by atoms with Crippen LogP contribution < -0.4 is 5.73 Å². The van der Waals surface area contributed by atoms with E-state index in [1.54, 1.807) is 11.3 Å². The van der Waals surface area contributed by atoms with Crippen LogP contribution in [0.2, 0.25) is 0 Å². The van der Waals surface area contributed by atoms with Crippen molar-refractivity contribution in [3.63, 3.8) is 0 Å². The maximum absolute atomic E-state index is 6.43. The van der Waals surface area contributed by atoms with Gasteiger partial charge in [0.05, 0.1) is 10.4 Å². The summed E-state index contributed by atoms with van der Waals surface area (Å²) in [7, 11) is 0. The minimum atomic E-state index is -0.222. The number of nitrogens with zero attached hydrogens (tertiary/aromatic N) is 1. The van der Waals surface area contributed by atoms with E-state index in [0.29, 0.717) is 0 Å². The minimum Gasteiger partial charge on any atom is -0.344 e. The predicted molar refractivity (Wildman–Crippen MR) is 71.0 cm³/mol. The molecule has 1 saturated carbocycles. The molecular formula is C13H17N3S. The summed E-state index contributed by atoms with van der Waals surface area (Å²) < 4.78 is 0. The Bertz CT molecular complexity index is 507. The highest BCUT2D eigenvalue weighted by atomic mass is 32.1. The number of nitrogens with one attached hydrogen (secondary N) is 1. The summed E-state index contributed by atoms with van der Waals surface area (Å²) in [5, 5.41) is 2.08. The first-order chi connectivity index (χ1) is 8.19. The maximum Gasteiger partial charge on any atom is 0.127 e. The molecule has 1 aliphatic rings. The Hall–Kier alpha value is -1.13. The molecule has 0 atom stereocenters. The van der Waals surface area contributed by atoms with Gasteiger partial charge >= 0.3 is 0 Å². The van der Waals surface area contributed by atoms with Gasteiger partial charge in [-0.2, -0.15) is 0 Å². The lowest BCUT2D eigenvalue weighted by molar-refractivity contribution is 0.435. The molecule has 3 nitrogen and oxygen atoms in total. The number of aromatic amines is 1. The third-order valence-electron chi connectivity index (χ3n) is 3.61. The highest BCUT2D eigenvalue weighted by Gasteiger charge is 2.34. The van der Waals surface area contributed by atoms with Crippen molar-refractivity contribution in [3.05, 3.63) is 29.0 Å². The van der Waals surface area contributed by atoms with Gasteiger partial charge in [0.15, 0.2) is 0 Å². The van der Waals surface area contributed by atoms with E-state index in [2.05, 4.69) is 29.4 Å². The molecule has 0 radical (unpaired) electrons. The summed E-state index contributed by atoms with van der Waals surface area (Å²) in [5.74, 6) is 0.968. The van der Waals surface area contributed by atoms with E-state index in [4.69, 9.17) is 10.7 Å². The van der Waals surface area contributed by atoms with Crippen molar-refractivity contribution >= 4 is 11.3 Å². The van der Waals surface area contributed by atoms with Crippen molar-refractivity contribution in [3.8, 4) is 10.6 Å². The molecule has 2 aromatic rings. The Balaban J connectivity index is 2.01. The molecule has 0 aliphatic heterocycles.